The molecule has 0 aliphatic carbocycles. The topological polar surface area (TPSA) is 58.4 Å². The Morgan fingerprint density at radius 3 is 2.71 bits per heavy atom. The molecule has 0 aromatic heterocycles. The van der Waals surface area contributed by atoms with Crippen LogP contribution in [0.3, 0.4) is 0 Å². The van der Waals surface area contributed by atoms with E-state index in [1.54, 1.807) is 11.0 Å². The Hall–Kier alpha value is -1.62. The molecule has 1 aromatic carbocycles. The van der Waals surface area contributed by atoms with Gasteiger partial charge in [0.05, 0.1) is 11.3 Å². The number of halogens is 1. The van der Waals surface area contributed by atoms with Crippen LogP contribution in [0.4, 0.5) is 10.1 Å². The maximum Gasteiger partial charge on any atom is 0.256 e. The highest BCUT2D eigenvalue weighted by molar-refractivity contribution is 5.99. The molecule has 0 atom stereocenters. The molecule has 1 aromatic rings. The molecule has 0 heterocycles. The van der Waals surface area contributed by atoms with Crippen molar-refractivity contribution in [2.45, 2.75) is 20.3 Å². The Labute approximate surface area is 101 Å². The van der Waals surface area contributed by atoms with Crippen LogP contribution in [0.1, 0.15) is 30.6 Å². The van der Waals surface area contributed by atoms with Crippen molar-refractivity contribution in [2.75, 3.05) is 18.5 Å². The van der Waals surface area contributed by atoms with Crippen LogP contribution in [0.25, 0.3) is 0 Å². The number of hydrazine groups is 1. The molecule has 0 saturated carbocycles. The summed E-state index contributed by atoms with van der Waals surface area (Å²) in [7, 11) is 0. The Kier molecular flexibility index (Phi) is 4.90. The van der Waals surface area contributed by atoms with Gasteiger partial charge in [0.2, 0.25) is 0 Å². The second-order valence-electron chi connectivity index (χ2n) is 3.69. The molecule has 0 aliphatic heterocycles. The molecular formula is C12H18FN3O. The first-order valence-corrected chi connectivity index (χ1v) is 5.70. The van der Waals surface area contributed by atoms with Gasteiger partial charge in [0.15, 0.2) is 0 Å². The number of hydrogen-bond donors (Lipinski definition) is 2. The zero-order valence-corrected chi connectivity index (χ0v) is 10.2. The summed E-state index contributed by atoms with van der Waals surface area (Å²) in [6, 6.07) is 4.34. The number of amides is 1. The summed E-state index contributed by atoms with van der Waals surface area (Å²) in [4.78, 5) is 13.8. The monoisotopic (exact) mass is 239 g/mol. The van der Waals surface area contributed by atoms with Crippen molar-refractivity contribution in [3.05, 3.63) is 29.6 Å². The van der Waals surface area contributed by atoms with Crippen LogP contribution in [0.15, 0.2) is 18.2 Å². The van der Waals surface area contributed by atoms with E-state index in [1.807, 2.05) is 13.8 Å². The van der Waals surface area contributed by atoms with Gasteiger partial charge in [-0.25, -0.2) is 4.39 Å². The molecular weight excluding hydrogens is 221 g/mol. The molecule has 1 amide bonds. The molecule has 0 saturated heterocycles. The third kappa shape index (κ3) is 2.94. The quantitative estimate of drug-likeness (QED) is 0.610. The van der Waals surface area contributed by atoms with Crippen molar-refractivity contribution in [1.29, 1.82) is 0 Å². The third-order valence-corrected chi connectivity index (χ3v) is 2.55. The van der Waals surface area contributed by atoms with Gasteiger partial charge in [0.1, 0.15) is 5.82 Å². The maximum atomic E-state index is 13.5. The van der Waals surface area contributed by atoms with E-state index in [9.17, 15) is 9.18 Å². The lowest BCUT2D eigenvalue weighted by Gasteiger charge is -2.21. The Morgan fingerprint density at radius 2 is 2.18 bits per heavy atom. The van der Waals surface area contributed by atoms with Gasteiger partial charge in [-0.15, -0.1) is 0 Å². The van der Waals surface area contributed by atoms with Crippen LogP contribution in [0, 0.1) is 5.82 Å². The summed E-state index contributed by atoms with van der Waals surface area (Å²) in [6.45, 7) is 5.12. The SMILES string of the molecule is CCCN(CC)C(=O)c1cccc(F)c1NN. The summed E-state index contributed by atoms with van der Waals surface area (Å²) in [5.41, 5.74) is 2.56. The van der Waals surface area contributed by atoms with Gasteiger partial charge >= 0.3 is 0 Å². The number of carbonyl (C=O) groups excluding carboxylic acids is 1. The fraction of sp³-hybridized carbons (Fsp3) is 0.417. The average molecular weight is 239 g/mol. The second-order valence-corrected chi connectivity index (χ2v) is 3.69. The standard InChI is InChI=1S/C12H18FN3O/c1-3-8-16(4-2)12(17)9-6-5-7-10(13)11(9)15-14/h5-7,15H,3-4,8,14H2,1-2H3. The number of nitrogens with two attached hydrogens (primary N) is 1. The van der Waals surface area contributed by atoms with Gasteiger partial charge in [-0.1, -0.05) is 13.0 Å². The lowest BCUT2D eigenvalue weighted by Crippen LogP contribution is -2.32. The summed E-state index contributed by atoms with van der Waals surface area (Å²) >= 11 is 0. The molecule has 0 unspecified atom stereocenters. The first kappa shape index (κ1) is 13.4. The van der Waals surface area contributed by atoms with Crippen molar-refractivity contribution in [1.82, 2.24) is 4.90 Å². The van der Waals surface area contributed by atoms with Crippen molar-refractivity contribution in [3.8, 4) is 0 Å². The van der Waals surface area contributed by atoms with Crippen LogP contribution in [-0.4, -0.2) is 23.9 Å². The molecule has 0 radical (unpaired) electrons. The van der Waals surface area contributed by atoms with Gasteiger partial charge in [-0.05, 0) is 25.5 Å². The van der Waals surface area contributed by atoms with Crippen molar-refractivity contribution >= 4 is 11.6 Å². The Balaban J connectivity index is 3.06. The summed E-state index contributed by atoms with van der Waals surface area (Å²) in [5, 5.41) is 0. The highest BCUT2D eigenvalue weighted by atomic mass is 19.1. The second kappa shape index (κ2) is 6.20. The minimum Gasteiger partial charge on any atom is -0.339 e. The van der Waals surface area contributed by atoms with Crippen LogP contribution < -0.4 is 11.3 Å². The zero-order chi connectivity index (χ0) is 12.8. The van der Waals surface area contributed by atoms with E-state index in [2.05, 4.69) is 5.43 Å². The van der Waals surface area contributed by atoms with Gasteiger partial charge in [-0.3, -0.25) is 10.6 Å². The predicted molar refractivity (Wildman–Crippen MR) is 66.1 cm³/mol. The van der Waals surface area contributed by atoms with E-state index in [1.165, 1.54) is 12.1 Å². The van der Waals surface area contributed by atoms with Crippen LogP contribution in [0.5, 0.6) is 0 Å². The number of nitrogens with zero attached hydrogens (tertiary/aromatic N) is 1. The highest BCUT2D eigenvalue weighted by Crippen LogP contribution is 2.20. The fourth-order valence-corrected chi connectivity index (χ4v) is 1.69. The maximum absolute atomic E-state index is 13.5. The Bertz CT molecular complexity index is 395. The van der Waals surface area contributed by atoms with Crippen molar-refractivity contribution in [3.63, 3.8) is 0 Å². The fourth-order valence-electron chi connectivity index (χ4n) is 1.69. The minimum atomic E-state index is -0.522. The van der Waals surface area contributed by atoms with E-state index >= 15 is 0 Å². The minimum absolute atomic E-state index is 0.0482. The van der Waals surface area contributed by atoms with Gasteiger partial charge in [-0.2, -0.15) is 0 Å². The molecule has 0 aliphatic rings. The van der Waals surface area contributed by atoms with Crippen LogP contribution in [0.2, 0.25) is 0 Å². The molecule has 0 bridgehead atoms. The smallest absolute Gasteiger partial charge is 0.256 e. The lowest BCUT2D eigenvalue weighted by atomic mass is 10.1. The number of carbonyl (C=O) groups is 1. The number of rotatable bonds is 5. The van der Waals surface area contributed by atoms with E-state index in [0.29, 0.717) is 13.1 Å². The van der Waals surface area contributed by atoms with E-state index in [-0.39, 0.29) is 17.2 Å². The first-order valence-electron chi connectivity index (χ1n) is 5.70. The molecule has 94 valence electrons. The first-order chi connectivity index (χ1) is 8.15. The molecule has 5 heteroatoms. The number of para-hydroxylation sites is 1. The highest BCUT2D eigenvalue weighted by Gasteiger charge is 2.18. The number of nitrogen functional groups attached to an aromatic ring is 1. The van der Waals surface area contributed by atoms with Crippen LogP contribution in [-0.2, 0) is 0 Å². The molecule has 0 spiro atoms. The molecule has 3 N–H and O–H groups in total. The molecule has 1 rings (SSSR count). The van der Waals surface area contributed by atoms with Gasteiger partial charge in [0.25, 0.3) is 5.91 Å². The summed E-state index contributed by atoms with van der Waals surface area (Å²) < 4.78 is 13.5. The number of benzene rings is 1. The molecule has 0 fully saturated rings. The number of hydrogen-bond acceptors (Lipinski definition) is 3. The molecule has 17 heavy (non-hydrogen) atoms. The molecule has 4 nitrogen and oxygen atoms in total. The van der Waals surface area contributed by atoms with Crippen molar-refractivity contribution in [2.24, 2.45) is 5.84 Å². The van der Waals surface area contributed by atoms with Gasteiger partial charge in [0, 0.05) is 13.1 Å². The predicted octanol–water partition coefficient (Wildman–Crippen LogP) is 1.98. The third-order valence-electron chi connectivity index (χ3n) is 2.55. The van der Waals surface area contributed by atoms with E-state index in [4.69, 9.17) is 5.84 Å². The largest absolute Gasteiger partial charge is 0.339 e. The lowest BCUT2D eigenvalue weighted by molar-refractivity contribution is 0.0765. The normalized spacial score (nSPS) is 10.1. The number of nitrogens with one attached hydrogen (secondary N) is 1. The van der Waals surface area contributed by atoms with Crippen molar-refractivity contribution < 1.29 is 9.18 Å². The summed E-state index contributed by atoms with van der Waals surface area (Å²) in [6.07, 6.45) is 0.861. The Morgan fingerprint density at radius 1 is 1.47 bits per heavy atom. The summed E-state index contributed by atoms with van der Waals surface area (Å²) in [5.74, 6) is 4.52. The zero-order valence-electron chi connectivity index (χ0n) is 10.2. The van der Waals surface area contributed by atoms with E-state index in [0.717, 1.165) is 6.42 Å². The van der Waals surface area contributed by atoms with Crippen LogP contribution >= 0.6 is 0 Å². The van der Waals surface area contributed by atoms with Gasteiger partial charge < -0.3 is 10.3 Å². The van der Waals surface area contributed by atoms with E-state index < -0.39 is 5.82 Å². The average Bonchev–Trinajstić information content (AvgIpc) is 2.34. The number of anilines is 1.